The molecule has 3 rings (SSSR count). The number of aromatic nitrogens is 2. The van der Waals surface area contributed by atoms with Gasteiger partial charge in [0.05, 0.1) is 28.7 Å². The van der Waals surface area contributed by atoms with Crippen LogP contribution >= 0.6 is 15.9 Å². The Balaban J connectivity index is 2.07. The van der Waals surface area contributed by atoms with Gasteiger partial charge in [0, 0.05) is 5.56 Å². The van der Waals surface area contributed by atoms with Gasteiger partial charge in [-0.05, 0) is 78.5 Å². The van der Waals surface area contributed by atoms with Gasteiger partial charge in [-0.3, -0.25) is 0 Å². The highest BCUT2D eigenvalue weighted by atomic mass is 79.9. The predicted octanol–water partition coefficient (Wildman–Crippen LogP) is 5.80. The maximum Gasteiger partial charge on any atom is 0.175 e. The minimum atomic E-state index is 0.580. The van der Waals surface area contributed by atoms with Crippen LogP contribution in [0.3, 0.4) is 0 Å². The molecule has 132 valence electrons. The lowest BCUT2D eigenvalue weighted by atomic mass is 10.1. The normalized spacial score (nSPS) is 11.1. The molecule has 3 aromatic rings. The smallest absolute Gasteiger partial charge is 0.175 e. The highest BCUT2D eigenvalue weighted by Gasteiger charge is 2.15. The molecule has 0 bridgehead atoms. The number of rotatable bonds is 6. The molecular formula is C20H23BrN2O2. The Morgan fingerprint density at radius 1 is 1.04 bits per heavy atom. The molecule has 0 saturated heterocycles. The lowest BCUT2D eigenvalue weighted by Crippen LogP contribution is -2.01. The van der Waals surface area contributed by atoms with Crippen LogP contribution in [0.4, 0.5) is 0 Å². The van der Waals surface area contributed by atoms with Crippen LogP contribution in [0.25, 0.3) is 22.4 Å². The van der Waals surface area contributed by atoms with E-state index in [0.717, 1.165) is 44.8 Å². The van der Waals surface area contributed by atoms with Crippen LogP contribution in [-0.2, 0) is 0 Å². The Kier molecular flexibility index (Phi) is 5.33. The zero-order chi connectivity index (χ0) is 18.0. The summed E-state index contributed by atoms with van der Waals surface area (Å²) in [6.07, 6.45) is 0.946. The largest absolute Gasteiger partial charge is 0.490 e. The number of aryl methyl sites for hydroxylation is 2. The summed E-state index contributed by atoms with van der Waals surface area (Å²) in [7, 11) is 0. The third-order valence-corrected chi connectivity index (χ3v) is 4.72. The van der Waals surface area contributed by atoms with Crippen LogP contribution in [0.2, 0.25) is 0 Å². The number of nitrogens with zero attached hydrogens (tertiary/aromatic N) is 1. The number of hydrogen-bond acceptors (Lipinski definition) is 3. The molecule has 1 heterocycles. The molecule has 0 atom stereocenters. The summed E-state index contributed by atoms with van der Waals surface area (Å²) in [5, 5.41) is 0. The van der Waals surface area contributed by atoms with Gasteiger partial charge >= 0.3 is 0 Å². The van der Waals surface area contributed by atoms with E-state index in [9.17, 15) is 0 Å². The monoisotopic (exact) mass is 402 g/mol. The number of ether oxygens (including phenoxy) is 2. The van der Waals surface area contributed by atoms with E-state index < -0.39 is 0 Å². The van der Waals surface area contributed by atoms with Crippen molar-refractivity contribution in [1.82, 2.24) is 9.97 Å². The number of hydrogen-bond donors (Lipinski definition) is 1. The van der Waals surface area contributed by atoms with Crippen molar-refractivity contribution < 1.29 is 9.47 Å². The van der Waals surface area contributed by atoms with Crippen LogP contribution in [0, 0.1) is 13.8 Å². The molecule has 0 fully saturated rings. The van der Waals surface area contributed by atoms with Gasteiger partial charge in [0.15, 0.2) is 11.5 Å². The highest BCUT2D eigenvalue weighted by molar-refractivity contribution is 9.10. The summed E-state index contributed by atoms with van der Waals surface area (Å²) in [5.41, 5.74) is 5.47. The van der Waals surface area contributed by atoms with Crippen molar-refractivity contribution in [3.8, 4) is 22.9 Å². The van der Waals surface area contributed by atoms with E-state index in [1.807, 2.05) is 19.1 Å². The second-order valence-corrected chi connectivity index (χ2v) is 6.96. The van der Waals surface area contributed by atoms with E-state index in [-0.39, 0.29) is 0 Å². The topological polar surface area (TPSA) is 47.1 Å². The van der Waals surface area contributed by atoms with Crippen LogP contribution in [0.15, 0.2) is 28.7 Å². The molecule has 0 saturated carbocycles. The Morgan fingerprint density at radius 2 is 1.80 bits per heavy atom. The summed E-state index contributed by atoms with van der Waals surface area (Å²) in [4.78, 5) is 8.16. The Hall–Kier alpha value is -2.01. The Labute approximate surface area is 156 Å². The molecule has 0 amide bonds. The summed E-state index contributed by atoms with van der Waals surface area (Å²) in [6, 6.07) is 8.25. The molecule has 1 N–H and O–H groups in total. The van der Waals surface area contributed by atoms with E-state index >= 15 is 0 Å². The molecule has 0 aliphatic heterocycles. The predicted molar refractivity (Wildman–Crippen MR) is 106 cm³/mol. The van der Waals surface area contributed by atoms with Gasteiger partial charge < -0.3 is 14.5 Å². The fourth-order valence-corrected chi connectivity index (χ4v) is 3.27. The standard InChI is InChI=1S/C20H23BrN2O2/c1-5-7-25-19-15(21)10-14(11-18(19)24-6-2)20-22-16-8-12(3)13(4)9-17(16)23-20/h8-11H,5-7H2,1-4H3,(H,22,23). The summed E-state index contributed by atoms with van der Waals surface area (Å²) < 4.78 is 12.5. The highest BCUT2D eigenvalue weighted by Crippen LogP contribution is 2.39. The zero-order valence-electron chi connectivity index (χ0n) is 15.1. The number of halogens is 1. The summed E-state index contributed by atoms with van der Waals surface area (Å²) >= 11 is 3.62. The fourth-order valence-electron chi connectivity index (χ4n) is 2.72. The van der Waals surface area contributed by atoms with E-state index in [1.54, 1.807) is 0 Å². The van der Waals surface area contributed by atoms with Crippen LogP contribution in [-0.4, -0.2) is 23.2 Å². The molecule has 2 aromatic carbocycles. The van der Waals surface area contributed by atoms with Crippen molar-refractivity contribution >= 4 is 27.0 Å². The van der Waals surface area contributed by atoms with Gasteiger partial charge in [0.25, 0.3) is 0 Å². The van der Waals surface area contributed by atoms with E-state index in [4.69, 9.17) is 14.5 Å². The summed E-state index contributed by atoms with van der Waals surface area (Å²) in [6.45, 7) is 9.50. The molecule has 1 aromatic heterocycles. The first kappa shape index (κ1) is 17.8. The minimum Gasteiger partial charge on any atom is -0.490 e. The third-order valence-electron chi connectivity index (χ3n) is 4.13. The average Bonchev–Trinajstić information content (AvgIpc) is 2.97. The lowest BCUT2D eigenvalue weighted by molar-refractivity contribution is 0.275. The van der Waals surface area contributed by atoms with Gasteiger partial charge in [-0.15, -0.1) is 0 Å². The second kappa shape index (κ2) is 7.48. The number of aromatic amines is 1. The van der Waals surface area contributed by atoms with Gasteiger partial charge in [0.2, 0.25) is 0 Å². The fraction of sp³-hybridized carbons (Fsp3) is 0.350. The van der Waals surface area contributed by atoms with Gasteiger partial charge in [-0.25, -0.2) is 4.98 Å². The van der Waals surface area contributed by atoms with Crippen molar-refractivity contribution in [2.45, 2.75) is 34.1 Å². The van der Waals surface area contributed by atoms with Crippen molar-refractivity contribution in [2.75, 3.05) is 13.2 Å². The number of imidazole rings is 1. The number of benzene rings is 2. The maximum absolute atomic E-state index is 5.85. The first-order chi connectivity index (χ1) is 12.0. The molecule has 4 nitrogen and oxygen atoms in total. The number of fused-ring (bicyclic) bond motifs is 1. The molecule has 0 unspecified atom stereocenters. The first-order valence-corrected chi connectivity index (χ1v) is 9.39. The lowest BCUT2D eigenvalue weighted by Gasteiger charge is -2.14. The summed E-state index contributed by atoms with van der Waals surface area (Å²) in [5.74, 6) is 2.30. The molecule has 0 aliphatic carbocycles. The SMILES string of the molecule is CCCOc1c(Br)cc(-c2nc3cc(C)c(C)cc3[nH]2)cc1OCC. The Bertz CT molecular complexity index is 863. The van der Waals surface area contributed by atoms with Crippen molar-refractivity contribution in [2.24, 2.45) is 0 Å². The third kappa shape index (κ3) is 3.66. The van der Waals surface area contributed by atoms with Gasteiger partial charge in [0.1, 0.15) is 5.82 Å². The quantitative estimate of drug-likeness (QED) is 0.566. The van der Waals surface area contributed by atoms with Gasteiger partial charge in [-0.1, -0.05) is 6.92 Å². The van der Waals surface area contributed by atoms with Crippen molar-refractivity contribution in [3.05, 3.63) is 39.9 Å². The molecule has 0 aliphatic rings. The zero-order valence-corrected chi connectivity index (χ0v) is 16.7. The van der Waals surface area contributed by atoms with Crippen LogP contribution in [0.1, 0.15) is 31.4 Å². The maximum atomic E-state index is 5.85. The number of nitrogens with one attached hydrogen (secondary N) is 1. The molecule has 25 heavy (non-hydrogen) atoms. The molecule has 0 spiro atoms. The van der Waals surface area contributed by atoms with Gasteiger partial charge in [-0.2, -0.15) is 0 Å². The van der Waals surface area contributed by atoms with E-state index in [1.165, 1.54) is 11.1 Å². The minimum absolute atomic E-state index is 0.580. The average molecular weight is 403 g/mol. The molecular weight excluding hydrogens is 380 g/mol. The van der Waals surface area contributed by atoms with E-state index in [2.05, 4.69) is 53.8 Å². The Morgan fingerprint density at radius 3 is 2.52 bits per heavy atom. The van der Waals surface area contributed by atoms with Crippen molar-refractivity contribution in [3.63, 3.8) is 0 Å². The van der Waals surface area contributed by atoms with Crippen LogP contribution in [0.5, 0.6) is 11.5 Å². The second-order valence-electron chi connectivity index (χ2n) is 6.11. The van der Waals surface area contributed by atoms with Crippen LogP contribution < -0.4 is 9.47 Å². The van der Waals surface area contributed by atoms with Crippen molar-refractivity contribution in [1.29, 1.82) is 0 Å². The first-order valence-electron chi connectivity index (χ1n) is 8.60. The molecule has 0 radical (unpaired) electrons. The molecule has 5 heteroatoms. The van der Waals surface area contributed by atoms with E-state index in [0.29, 0.717) is 13.2 Å². The number of H-pyrrole nitrogens is 1.